The van der Waals surface area contributed by atoms with Crippen LogP contribution in [-0.2, 0) is 14.9 Å². The van der Waals surface area contributed by atoms with Crippen LogP contribution >= 0.6 is 38.9 Å². The number of rotatable bonds is 4. The smallest absolute Gasteiger partial charge is 0.317 e. The molecule has 21 heavy (non-hydrogen) atoms. The van der Waals surface area contributed by atoms with Crippen molar-refractivity contribution in [2.75, 3.05) is 6.61 Å². The summed E-state index contributed by atoms with van der Waals surface area (Å²) in [5.41, 5.74) is 0.766. The van der Waals surface area contributed by atoms with Crippen LogP contribution in [0.25, 0.3) is 10.6 Å². The van der Waals surface area contributed by atoms with E-state index in [1.165, 1.54) is 11.3 Å². The fourth-order valence-electron chi connectivity index (χ4n) is 1.76. The lowest BCUT2D eigenvalue weighted by Gasteiger charge is -2.19. The molecular weight excluding hydrogens is 374 g/mol. The first-order valence-electron chi connectivity index (χ1n) is 6.45. The topological polar surface area (TPSA) is 39.2 Å². The predicted octanol–water partition coefficient (Wildman–Crippen LogP) is 5.07. The lowest BCUT2D eigenvalue weighted by atomic mass is 9.90. The maximum absolute atomic E-state index is 12.0. The number of hydrogen-bond acceptors (Lipinski definition) is 4. The van der Waals surface area contributed by atoms with E-state index in [1.54, 1.807) is 6.92 Å². The Morgan fingerprint density at radius 1 is 1.48 bits per heavy atom. The summed E-state index contributed by atoms with van der Waals surface area (Å²) in [6, 6.07) is 5.61. The van der Waals surface area contributed by atoms with Gasteiger partial charge in [0.15, 0.2) is 0 Å². The van der Waals surface area contributed by atoms with Crippen molar-refractivity contribution in [3.05, 3.63) is 38.8 Å². The third-order valence-electron chi connectivity index (χ3n) is 3.09. The fourth-order valence-corrected chi connectivity index (χ4v) is 3.40. The van der Waals surface area contributed by atoms with Gasteiger partial charge in [0, 0.05) is 15.4 Å². The third kappa shape index (κ3) is 3.47. The summed E-state index contributed by atoms with van der Waals surface area (Å²) in [6.45, 7) is 5.77. The monoisotopic (exact) mass is 387 g/mol. The van der Waals surface area contributed by atoms with E-state index in [0.29, 0.717) is 17.3 Å². The second-order valence-electron chi connectivity index (χ2n) is 5.01. The molecule has 0 radical (unpaired) electrons. The van der Waals surface area contributed by atoms with Crippen molar-refractivity contribution in [3.63, 3.8) is 0 Å². The summed E-state index contributed by atoms with van der Waals surface area (Å²) in [6.07, 6.45) is 0. The minimum atomic E-state index is -0.775. The summed E-state index contributed by atoms with van der Waals surface area (Å²) in [7, 11) is 0. The van der Waals surface area contributed by atoms with Gasteiger partial charge in [0.2, 0.25) is 0 Å². The number of ether oxygens (including phenoxy) is 1. The van der Waals surface area contributed by atoms with Crippen molar-refractivity contribution in [1.82, 2.24) is 4.98 Å². The van der Waals surface area contributed by atoms with Crippen LogP contribution < -0.4 is 0 Å². The van der Waals surface area contributed by atoms with E-state index < -0.39 is 5.41 Å². The van der Waals surface area contributed by atoms with Gasteiger partial charge in [0.25, 0.3) is 0 Å². The third-order valence-corrected chi connectivity index (χ3v) is 4.79. The SMILES string of the molecule is CCOC(=O)C(C)(C)c1csc(-c2cc(Br)ccc2Cl)n1. The van der Waals surface area contributed by atoms with Crippen LogP contribution in [0.1, 0.15) is 26.5 Å². The molecule has 0 aliphatic carbocycles. The molecule has 0 unspecified atom stereocenters. The van der Waals surface area contributed by atoms with Gasteiger partial charge < -0.3 is 4.74 Å². The number of esters is 1. The Morgan fingerprint density at radius 2 is 2.19 bits per heavy atom. The number of nitrogens with zero attached hydrogens (tertiary/aromatic N) is 1. The Labute approximate surface area is 141 Å². The molecule has 1 heterocycles. The molecule has 0 saturated carbocycles. The van der Waals surface area contributed by atoms with Gasteiger partial charge in [-0.05, 0) is 39.0 Å². The minimum Gasteiger partial charge on any atom is -0.465 e. The first kappa shape index (κ1) is 16.5. The van der Waals surface area contributed by atoms with E-state index >= 15 is 0 Å². The first-order valence-corrected chi connectivity index (χ1v) is 8.50. The van der Waals surface area contributed by atoms with Crippen LogP contribution in [0.2, 0.25) is 5.02 Å². The van der Waals surface area contributed by atoms with E-state index in [0.717, 1.165) is 15.0 Å². The van der Waals surface area contributed by atoms with Crippen molar-refractivity contribution < 1.29 is 9.53 Å². The second kappa shape index (κ2) is 6.46. The molecule has 2 rings (SSSR count). The standard InChI is InChI=1S/C15H15BrClNO2S/c1-4-20-14(19)15(2,3)12-8-21-13(18-12)10-7-9(16)5-6-11(10)17/h5-8H,4H2,1-3H3. The Morgan fingerprint density at radius 3 is 2.86 bits per heavy atom. The summed E-state index contributed by atoms with van der Waals surface area (Å²) < 4.78 is 6.04. The molecule has 0 atom stereocenters. The lowest BCUT2D eigenvalue weighted by molar-refractivity contribution is -0.148. The van der Waals surface area contributed by atoms with Gasteiger partial charge in [-0.15, -0.1) is 11.3 Å². The Balaban J connectivity index is 2.38. The molecule has 0 saturated heterocycles. The fraction of sp³-hybridized carbons (Fsp3) is 0.333. The van der Waals surface area contributed by atoms with Gasteiger partial charge in [-0.3, -0.25) is 4.79 Å². The predicted molar refractivity (Wildman–Crippen MR) is 89.9 cm³/mol. The zero-order chi connectivity index (χ0) is 15.6. The highest BCUT2D eigenvalue weighted by Gasteiger charge is 2.34. The van der Waals surface area contributed by atoms with Gasteiger partial charge >= 0.3 is 5.97 Å². The maximum atomic E-state index is 12.0. The highest BCUT2D eigenvalue weighted by Crippen LogP contribution is 2.35. The van der Waals surface area contributed by atoms with Gasteiger partial charge in [0.1, 0.15) is 10.4 Å². The van der Waals surface area contributed by atoms with Gasteiger partial charge in [-0.1, -0.05) is 27.5 Å². The largest absolute Gasteiger partial charge is 0.465 e. The number of hydrogen-bond donors (Lipinski definition) is 0. The molecule has 0 fully saturated rings. The molecule has 0 amide bonds. The van der Waals surface area contributed by atoms with Gasteiger partial charge in [0.05, 0.1) is 17.3 Å². The quantitative estimate of drug-likeness (QED) is 0.687. The van der Waals surface area contributed by atoms with Crippen LogP contribution in [-0.4, -0.2) is 17.6 Å². The summed E-state index contributed by atoms with van der Waals surface area (Å²) in [4.78, 5) is 16.6. The zero-order valence-corrected chi connectivity index (χ0v) is 15.1. The molecule has 1 aromatic carbocycles. The summed E-state index contributed by atoms with van der Waals surface area (Å²) in [5.74, 6) is -0.276. The molecule has 2 aromatic rings. The van der Waals surface area contributed by atoms with Gasteiger partial charge in [-0.2, -0.15) is 0 Å². The molecular formula is C15H15BrClNO2S. The maximum Gasteiger partial charge on any atom is 0.317 e. The lowest BCUT2D eigenvalue weighted by Crippen LogP contribution is -2.31. The first-order chi connectivity index (χ1) is 9.86. The number of benzene rings is 1. The molecule has 3 nitrogen and oxygen atoms in total. The van der Waals surface area contributed by atoms with Crippen LogP contribution in [0.15, 0.2) is 28.1 Å². The number of carbonyl (C=O) groups excluding carboxylic acids is 1. The Hall–Kier alpha value is -0.910. The van der Waals surface area contributed by atoms with Crippen molar-refractivity contribution in [1.29, 1.82) is 0 Å². The number of aromatic nitrogens is 1. The van der Waals surface area contributed by atoms with Crippen molar-refractivity contribution in [3.8, 4) is 10.6 Å². The van der Waals surface area contributed by atoms with Crippen LogP contribution in [0, 0.1) is 0 Å². The molecule has 0 bridgehead atoms. The molecule has 0 aliphatic heterocycles. The minimum absolute atomic E-state index is 0.276. The van der Waals surface area contributed by atoms with Crippen LogP contribution in [0.3, 0.4) is 0 Å². The van der Waals surface area contributed by atoms with Crippen molar-refractivity contribution >= 4 is 44.8 Å². The van der Waals surface area contributed by atoms with E-state index in [4.69, 9.17) is 16.3 Å². The molecule has 1 aromatic heterocycles. The zero-order valence-electron chi connectivity index (χ0n) is 11.9. The Bertz CT molecular complexity index is 669. The highest BCUT2D eigenvalue weighted by atomic mass is 79.9. The average molecular weight is 389 g/mol. The normalized spacial score (nSPS) is 11.5. The van der Waals surface area contributed by atoms with Crippen LogP contribution in [0.4, 0.5) is 0 Å². The van der Waals surface area contributed by atoms with Gasteiger partial charge in [-0.25, -0.2) is 4.98 Å². The van der Waals surface area contributed by atoms with E-state index in [-0.39, 0.29) is 5.97 Å². The van der Waals surface area contributed by atoms with Crippen molar-refractivity contribution in [2.24, 2.45) is 0 Å². The van der Waals surface area contributed by atoms with E-state index in [9.17, 15) is 4.79 Å². The highest BCUT2D eigenvalue weighted by molar-refractivity contribution is 9.10. The van der Waals surface area contributed by atoms with Crippen LogP contribution in [0.5, 0.6) is 0 Å². The molecule has 0 aliphatic rings. The second-order valence-corrected chi connectivity index (χ2v) is 7.19. The van der Waals surface area contributed by atoms with Crippen molar-refractivity contribution in [2.45, 2.75) is 26.2 Å². The molecule has 112 valence electrons. The van der Waals surface area contributed by atoms with E-state index in [2.05, 4.69) is 20.9 Å². The summed E-state index contributed by atoms with van der Waals surface area (Å²) in [5, 5.41) is 3.30. The average Bonchev–Trinajstić information content (AvgIpc) is 2.92. The molecule has 0 N–H and O–H groups in total. The number of halogens is 2. The Kier molecular flexibility index (Phi) is 5.07. The molecule has 6 heteroatoms. The summed E-state index contributed by atoms with van der Waals surface area (Å²) >= 11 is 11.1. The number of thiazole rings is 1. The molecule has 0 spiro atoms. The van der Waals surface area contributed by atoms with E-state index in [1.807, 2.05) is 37.4 Å². The number of carbonyl (C=O) groups is 1.